The van der Waals surface area contributed by atoms with E-state index in [0.717, 1.165) is 16.7 Å². The first-order valence-electron chi connectivity index (χ1n) is 9.03. The molecule has 0 aliphatic carbocycles. The van der Waals surface area contributed by atoms with Crippen molar-refractivity contribution in [3.05, 3.63) is 96.1 Å². The van der Waals surface area contributed by atoms with Gasteiger partial charge in [-0.3, -0.25) is 9.59 Å². The molecule has 0 fully saturated rings. The fourth-order valence-corrected chi connectivity index (χ4v) is 3.10. The molecule has 0 aliphatic heterocycles. The van der Waals surface area contributed by atoms with E-state index in [1.807, 2.05) is 72.8 Å². The summed E-state index contributed by atoms with van der Waals surface area (Å²) in [5.74, 6) is -1.25. The predicted octanol–water partition coefficient (Wildman–Crippen LogP) is 2.54. The largest absolute Gasteiger partial charge is 0.381 e. The molecular weight excluding hydrogens is 352 g/mol. The number of aliphatic hydroxyl groups excluding tert-OH is 1. The zero-order chi connectivity index (χ0) is 19.9. The average Bonchev–Trinajstić information content (AvgIpc) is 2.74. The van der Waals surface area contributed by atoms with Gasteiger partial charge in [-0.1, -0.05) is 78.9 Å². The van der Waals surface area contributed by atoms with Crippen LogP contribution in [0.25, 0.3) is 11.1 Å². The van der Waals surface area contributed by atoms with Crippen molar-refractivity contribution in [3.8, 4) is 11.1 Å². The maximum absolute atomic E-state index is 13.0. The molecule has 2 atom stereocenters. The van der Waals surface area contributed by atoms with Gasteiger partial charge in [0, 0.05) is 5.56 Å². The van der Waals surface area contributed by atoms with Crippen LogP contribution in [0.4, 0.5) is 0 Å². The standard InChI is InChI=1S/C23H22N2O3/c24-22(27)21(26)20(15-16-9-3-1-4-10-16)25-23(28)19-14-8-7-13-18(19)17-11-5-2-6-12-17/h1-14,20-21,26H,15H2,(H2,24,27)(H,25,28). The summed E-state index contributed by atoms with van der Waals surface area (Å²) >= 11 is 0. The third-order valence-electron chi connectivity index (χ3n) is 4.54. The second-order valence-corrected chi connectivity index (χ2v) is 6.53. The highest BCUT2D eigenvalue weighted by molar-refractivity contribution is 6.01. The van der Waals surface area contributed by atoms with E-state index in [1.165, 1.54) is 0 Å². The van der Waals surface area contributed by atoms with Gasteiger partial charge in [-0.15, -0.1) is 0 Å². The molecule has 3 aromatic carbocycles. The first kappa shape index (κ1) is 19.3. The van der Waals surface area contributed by atoms with Gasteiger partial charge in [0.25, 0.3) is 5.91 Å². The van der Waals surface area contributed by atoms with Gasteiger partial charge in [0.15, 0.2) is 6.10 Å². The molecule has 142 valence electrons. The SMILES string of the molecule is NC(=O)C(O)C(Cc1ccccc1)NC(=O)c1ccccc1-c1ccccc1. The summed E-state index contributed by atoms with van der Waals surface area (Å²) in [6, 6.07) is 25.3. The van der Waals surface area contributed by atoms with Crippen LogP contribution in [0.3, 0.4) is 0 Å². The van der Waals surface area contributed by atoms with Crippen LogP contribution in [0.15, 0.2) is 84.9 Å². The van der Waals surface area contributed by atoms with Crippen LogP contribution >= 0.6 is 0 Å². The normalized spacial score (nSPS) is 12.8. The van der Waals surface area contributed by atoms with Gasteiger partial charge in [0.05, 0.1) is 6.04 Å². The maximum Gasteiger partial charge on any atom is 0.252 e. The Bertz CT molecular complexity index is 942. The maximum atomic E-state index is 13.0. The van der Waals surface area contributed by atoms with Crippen LogP contribution in [0.1, 0.15) is 15.9 Å². The third kappa shape index (κ3) is 4.64. The number of benzene rings is 3. The number of nitrogens with one attached hydrogen (secondary N) is 1. The second kappa shape index (κ2) is 8.97. The highest BCUT2D eigenvalue weighted by atomic mass is 16.3. The first-order valence-corrected chi connectivity index (χ1v) is 9.03. The fourth-order valence-electron chi connectivity index (χ4n) is 3.10. The molecular formula is C23H22N2O3. The van der Waals surface area contributed by atoms with Crippen molar-refractivity contribution in [1.29, 1.82) is 0 Å². The van der Waals surface area contributed by atoms with Gasteiger partial charge >= 0.3 is 0 Å². The van der Waals surface area contributed by atoms with Crippen LogP contribution < -0.4 is 11.1 Å². The van der Waals surface area contributed by atoms with Crippen molar-refractivity contribution in [2.75, 3.05) is 0 Å². The molecule has 4 N–H and O–H groups in total. The van der Waals surface area contributed by atoms with Crippen LogP contribution in [-0.4, -0.2) is 29.1 Å². The molecule has 0 radical (unpaired) electrons. The first-order chi connectivity index (χ1) is 13.6. The van der Waals surface area contributed by atoms with E-state index in [9.17, 15) is 14.7 Å². The molecule has 28 heavy (non-hydrogen) atoms. The summed E-state index contributed by atoms with van der Waals surface area (Å²) < 4.78 is 0. The van der Waals surface area contributed by atoms with Crippen molar-refractivity contribution in [3.63, 3.8) is 0 Å². The predicted molar refractivity (Wildman–Crippen MR) is 108 cm³/mol. The smallest absolute Gasteiger partial charge is 0.252 e. The Kier molecular flexibility index (Phi) is 6.19. The minimum Gasteiger partial charge on any atom is -0.381 e. The van der Waals surface area contributed by atoms with Crippen molar-refractivity contribution in [1.82, 2.24) is 5.32 Å². The average molecular weight is 374 g/mol. The fraction of sp³-hybridized carbons (Fsp3) is 0.130. The zero-order valence-corrected chi connectivity index (χ0v) is 15.3. The topological polar surface area (TPSA) is 92.4 Å². The molecule has 0 heterocycles. The van der Waals surface area contributed by atoms with Gasteiger partial charge in [-0.2, -0.15) is 0 Å². The second-order valence-electron chi connectivity index (χ2n) is 6.53. The van der Waals surface area contributed by atoms with Crippen LogP contribution in [0.5, 0.6) is 0 Å². The highest BCUT2D eigenvalue weighted by Gasteiger charge is 2.27. The van der Waals surface area contributed by atoms with E-state index in [0.29, 0.717) is 5.56 Å². The summed E-state index contributed by atoms with van der Waals surface area (Å²) in [7, 11) is 0. The van der Waals surface area contributed by atoms with Gasteiger partial charge in [-0.25, -0.2) is 0 Å². The molecule has 3 aromatic rings. The Morgan fingerprint density at radius 2 is 1.43 bits per heavy atom. The summed E-state index contributed by atoms with van der Waals surface area (Å²) in [6.45, 7) is 0. The summed E-state index contributed by atoms with van der Waals surface area (Å²) in [6.07, 6.45) is -1.21. The quantitative estimate of drug-likeness (QED) is 0.593. The van der Waals surface area contributed by atoms with E-state index in [-0.39, 0.29) is 12.3 Å². The molecule has 0 saturated heterocycles. The number of amides is 2. The van der Waals surface area contributed by atoms with Gasteiger partial charge < -0.3 is 16.2 Å². The van der Waals surface area contributed by atoms with Gasteiger partial charge in [0.1, 0.15) is 0 Å². The van der Waals surface area contributed by atoms with E-state index < -0.39 is 18.1 Å². The van der Waals surface area contributed by atoms with Gasteiger partial charge in [0.2, 0.25) is 5.91 Å². The Balaban J connectivity index is 1.87. The Labute approximate surface area is 163 Å². The van der Waals surface area contributed by atoms with Crippen molar-refractivity contribution in [2.45, 2.75) is 18.6 Å². The lowest BCUT2D eigenvalue weighted by atomic mass is 9.97. The lowest BCUT2D eigenvalue weighted by molar-refractivity contribution is -0.127. The molecule has 2 unspecified atom stereocenters. The molecule has 0 aromatic heterocycles. The Morgan fingerprint density at radius 1 is 0.857 bits per heavy atom. The molecule has 3 rings (SSSR count). The highest BCUT2D eigenvalue weighted by Crippen LogP contribution is 2.23. The number of carbonyl (C=O) groups is 2. The van der Waals surface area contributed by atoms with Crippen LogP contribution in [-0.2, 0) is 11.2 Å². The number of aliphatic hydroxyl groups is 1. The van der Waals surface area contributed by atoms with Crippen LogP contribution in [0, 0.1) is 0 Å². The number of hydrogen-bond donors (Lipinski definition) is 3. The molecule has 5 nitrogen and oxygen atoms in total. The lowest BCUT2D eigenvalue weighted by Crippen LogP contribution is -2.50. The van der Waals surface area contributed by atoms with E-state index >= 15 is 0 Å². The monoisotopic (exact) mass is 374 g/mol. The number of carbonyl (C=O) groups excluding carboxylic acids is 2. The van der Waals surface area contributed by atoms with E-state index in [1.54, 1.807) is 12.1 Å². The summed E-state index contributed by atoms with van der Waals surface area (Å²) in [5.41, 5.74) is 8.30. The molecule has 5 heteroatoms. The summed E-state index contributed by atoms with van der Waals surface area (Å²) in [4.78, 5) is 24.6. The Morgan fingerprint density at radius 3 is 2.07 bits per heavy atom. The molecule has 0 aliphatic rings. The van der Waals surface area contributed by atoms with Crippen LogP contribution in [0.2, 0.25) is 0 Å². The molecule has 0 bridgehead atoms. The molecule has 2 amide bonds. The van der Waals surface area contributed by atoms with Gasteiger partial charge in [-0.05, 0) is 29.2 Å². The minimum absolute atomic E-state index is 0.282. The zero-order valence-electron chi connectivity index (χ0n) is 15.3. The number of hydrogen-bond acceptors (Lipinski definition) is 3. The van der Waals surface area contributed by atoms with E-state index in [2.05, 4.69) is 5.32 Å². The number of rotatable bonds is 7. The minimum atomic E-state index is -1.49. The molecule has 0 saturated carbocycles. The molecule has 0 spiro atoms. The van der Waals surface area contributed by atoms with Crippen molar-refractivity contribution in [2.24, 2.45) is 5.73 Å². The summed E-state index contributed by atoms with van der Waals surface area (Å²) in [5, 5.41) is 13.0. The lowest BCUT2D eigenvalue weighted by Gasteiger charge is -2.23. The van der Waals surface area contributed by atoms with E-state index in [4.69, 9.17) is 5.73 Å². The number of nitrogens with two attached hydrogens (primary N) is 1. The Hall–Kier alpha value is -3.44. The van der Waals surface area contributed by atoms with Crippen molar-refractivity contribution >= 4 is 11.8 Å². The van der Waals surface area contributed by atoms with Crippen molar-refractivity contribution < 1.29 is 14.7 Å². The third-order valence-corrected chi connectivity index (χ3v) is 4.54. The number of primary amides is 1.